The van der Waals surface area contributed by atoms with Crippen LogP contribution in [0.4, 0.5) is 14.5 Å². The van der Waals surface area contributed by atoms with Gasteiger partial charge in [-0.05, 0) is 65.2 Å². The van der Waals surface area contributed by atoms with Crippen LogP contribution in [0.15, 0.2) is 46.9 Å². The van der Waals surface area contributed by atoms with Crippen LogP contribution >= 0.6 is 15.9 Å². The molecule has 0 amide bonds. The fourth-order valence-corrected chi connectivity index (χ4v) is 2.52. The molecule has 0 aliphatic rings. The van der Waals surface area contributed by atoms with Gasteiger partial charge >= 0.3 is 0 Å². The zero-order valence-corrected chi connectivity index (χ0v) is 13.3. The normalized spacial score (nSPS) is 13.8. The van der Waals surface area contributed by atoms with E-state index in [0.29, 0.717) is 17.4 Å². The van der Waals surface area contributed by atoms with Crippen molar-refractivity contribution >= 4 is 21.6 Å². The Hall–Kier alpha value is -1.46. The molecule has 2 nitrogen and oxygen atoms in total. The summed E-state index contributed by atoms with van der Waals surface area (Å²) >= 11 is 3.16. The molecule has 0 fully saturated rings. The van der Waals surface area contributed by atoms with E-state index in [4.69, 9.17) is 5.73 Å². The highest BCUT2D eigenvalue weighted by Crippen LogP contribution is 2.24. The highest BCUT2D eigenvalue weighted by atomic mass is 79.9. The topological polar surface area (TPSA) is 38.0 Å². The van der Waals surface area contributed by atoms with Gasteiger partial charge in [0.2, 0.25) is 0 Å². The molecule has 2 aromatic carbocycles. The Morgan fingerprint density at radius 1 is 1.14 bits per heavy atom. The van der Waals surface area contributed by atoms with Gasteiger partial charge in [-0.3, -0.25) is 0 Å². The largest absolute Gasteiger partial charge is 0.378 e. The Kier molecular flexibility index (Phi) is 4.96. The van der Waals surface area contributed by atoms with E-state index in [1.54, 1.807) is 24.3 Å². The van der Waals surface area contributed by atoms with Crippen LogP contribution in [0.3, 0.4) is 0 Å². The molecule has 0 bridgehead atoms. The average Bonchev–Trinajstić information content (AvgIpc) is 2.45. The predicted molar refractivity (Wildman–Crippen MR) is 85.3 cm³/mol. The summed E-state index contributed by atoms with van der Waals surface area (Å²) in [5.74, 6) is -0.572. The molecule has 21 heavy (non-hydrogen) atoms. The second-order valence-corrected chi connectivity index (χ2v) is 6.18. The summed E-state index contributed by atoms with van der Waals surface area (Å²) in [5, 5.41) is 3.32. The van der Waals surface area contributed by atoms with Crippen LogP contribution < -0.4 is 11.1 Å². The molecule has 1 atom stereocenters. The fourth-order valence-electron chi connectivity index (χ4n) is 2.14. The number of halogens is 3. The van der Waals surface area contributed by atoms with Gasteiger partial charge in [-0.25, -0.2) is 8.78 Å². The van der Waals surface area contributed by atoms with Crippen LogP contribution in [0.2, 0.25) is 0 Å². The minimum Gasteiger partial charge on any atom is -0.378 e. The van der Waals surface area contributed by atoms with Gasteiger partial charge in [0.15, 0.2) is 0 Å². The summed E-state index contributed by atoms with van der Waals surface area (Å²) < 4.78 is 26.6. The lowest BCUT2D eigenvalue weighted by Crippen LogP contribution is -2.44. The van der Waals surface area contributed by atoms with E-state index in [-0.39, 0.29) is 11.6 Å². The van der Waals surface area contributed by atoms with E-state index >= 15 is 0 Å². The number of benzene rings is 2. The maximum absolute atomic E-state index is 13.3. The SMILES string of the molecule is CC(CN)(Cc1ccc(F)cc1)Nc1ccc(F)c(Br)c1. The van der Waals surface area contributed by atoms with E-state index in [1.165, 1.54) is 18.2 Å². The molecule has 112 valence electrons. The van der Waals surface area contributed by atoms with Crippen LogP contribution in [0.1, 0.15) is 12.5 Å². The van der Waals surface area contributed by atoms with Crippen LogP contribution in [-0.4, -0.2) is 12.1 Å². The second-order valence-electron chi connectivity index (χ2n) is 5.32. The molecule has 1 unspecified atom stereocenters. The molecule has 0 saturated carbocycles. The number of hydrogen-bond donors (Lipinski definition) is 2. The van der Waals surface area contributed by atoms with Crippen molar-refractivity contribution in [2.45, 2.75) is 18.9 Å². The second kappa shape index (κ2) is 6.54. The molecule has 0 aliphatic heterocycles. The number of rotatable bonds is 5. The molecular formula is C16H17BrF2N2. The van der Waals surface area contributed by atoms with Gasteiger partial charge in [0, 0.05) is 12.2 Å². The van der Waals surface area contributed by atoms with Gasteiger partial charge in [-0.2, -0.15) is 0 Å². The Balaban J connectivity index is 2.16. The zero-order chi connectivity index (χ0) is 15.5. The smallest absolute Gasteiger partial charge is 0.137 e. The highest BCUT2D eigenvalue weighted by Gasteiger charge is 2.23. The standard InChI is InChI=1S/C16H17BrF2N2/c1-16(10-20,9-11-2-4-12(18)5-3-11)21-13-6-7-15(19)14(17)8-13/h2-8,21H,9-10,20H2,1H3. The third-order valence-corrected chi connectivity index (χ3v) is 3.93. The minimum absolute atomic E-state index is 0.261. The first-order valence-electron chi connectivity index (χ1n) is 6.60. The van der Waals surface area contributed by atoms with Gasteiger partial charge in [0.05, 0.1) is 10.0 Å². The Labute approximate surface area is 131 Å². The lowest BCUT2D eigenvalue weighted by Gasteiger charge is -2.31. The van der Waals surface area contributed by atoms with E-state index in [2.05, 4.69) is 21.2 Å². The molecule has 0 heterocycles. The van der Waals surface area contributed by atoms with Gasteiger partial charge in [0.1, 0.15) is 11.6 Å². The number of nitrogens with one attached hydrogen (secondary N) is 1. The van der Waals surface area contributed by atoms with Crippen molar-refractivity contribution in [3.63, 3.8) is 0 Å². The summed E-state index contributed by atoms with van der Waals surface area (Å²) in [5.41, 5.74) is 7.23. The van der Waals surface area contributed by atoms with E-state index < -0.39 is 5.54 Å². The third kappa shape index (κ3) is 4.25. The maximum atomic E-state index is 13.3. The Morgan fingerprint density at radius 2 is 1.81 bits per heavy atom. The maximum Gasteiger partial charge on any atom is 0.137 e. The Morgan fingerprint density at radius 3 is 2.38 bits per heavy atom. The molecule has 2 rings (SSSR count). The lowest BCUT2D eigenvalue weighted by molar-refractivity contribution is 0.519. The molecule has 0 aromatic heterocycles. The van der Waals surface area contributed by atoms with Crippen molar-refractivity contribution in [2.24, 2.45) is 5.73 Å². The zero-order valence-electron chi connectivity index (χ0n) is 11.7. The van der Waals surface area contributed by atoms with E-state index in [1.807, 2.05) is 6.92 Å². The van der Waals surface area contributed by atoms with Crippen molar-refractivity contribution in [3.05, 3.63) is 64.1 Å². The minimum atomic E-state index is -0.408. The molecule has 5 heteroatoms. The van der Waals surface area contributed by atoms with Gasteiger partial charge in [-0.1, -0.05) is 12.1 Å². The van der Waals surface area contributed by atoms with Crippen molar-refractivity contribution in [1.82, 2.24) is 0 Å². The van der Waals surface area contributed by atoms with Crippen molar-refractivity contribution in [2.75, 3.05) is 11.9 Å². The van der Waals surface area contributed by atoms with Crippen LogP contribution in [0, 0.1) is 11.6 Å². The first-order chi connectivity index (χ1) is 9.92. The molecule has 0 aliphatic carbocycles. The summed E-state index contributed by atoms with van der Waals surface area (Å²) in [6.07, 6.45) is 0.638. The first-order valence-corrected chi connectivity index (χ1v) is 7.39. The predicted octanol–water partition coefficient (Wildman–Crippen LogP) is 4.10. The first kappa shape index (κ1) is 15.9. The third-order valence-electron chi connectivity index (χ3n) is 3.32. The van der Waals surface area contributed by atoms with Crippen molar-refractivity contribution < 1.29 is 8.78 Å². The highest BCUT2D eigenvalue weighted by molar-refractivity contribution is 9.10. The summed E-state index contributed by atoms with van der Waals surface area (Å²) in [6.45, 7) is 2.37. The number of nitrogens with two attached hydrogens (primary N) is 1. The summed E-state index contributed by atoms with van der Waals surface area (Å²) in [6, 6.07) is 11.1. The summed E-state index contributed by atoms with van der Waals surface area (Å²) in [4.78, 5) is 0. The van der Waals surface area contributed by atoms with Crippen LogP contribution in [0.5, 0.6) is 0 Å². The van der Waals surface area contributed by atoms with E-state index in [0.717, 1.165) is 11.3 Å². The number of hydrogen-bond acceptors (Lipinski definition) is 2. The van der Waals surface area contributed by atoms with Crippen LogP contribution in [0.25, 0.3) is 0 Å². The quantitative estimate of drug-likeness (QED) is 0.848. The fraction of sp³-hybridized carbons (Fsp3) is 0.250. The summed E-state index contributed by atoms with van der Waals surface area (Å²) in [7, 11) is 0. The molecule has 2 aromatic rings. The monoisotopic (exact) mass is 354 g/mol. The van der Waals surface area contributed by atoms with Gasteiger partial charge in [-0.15, -0.1) is 0 Å². The van der Waals surface area contributed by atoms with Crippen molar-refractivity contribution in [3.8, 4) is 0 Å². The van der Waals surface area contributed by atoms with Crippen molar-refractivity contribution in [1.29, 1.82) is 0 Å². The molecule has 0 saturated heterocycles. The Bertz CT molecular complexity index is 616. The van der Waals surface area contributed by atoms with Gasteiger partial charge < -0.3 is 11.1 Å². The molecule has 0 spiro atoms. The molecular weight excluding hydrogens is 338 g/mol. The van der Waals surface area contributed by atoms with E-state index in [9.17, 15) is 8.78 Å². The lowest BCUT2D eigenvalue weighted by atomic mass is 9.92. The van der Waals surface area contributed by atoms with Crippen LogP contribution in [-0.2, 0) is 6.42 Å². The van der Waals surface area contributed by atoms with Gasteiger partial charge in [0.25, 0.3) is 0 Å². The molecule has 3 N–H and O–H groups in total. The average molecular weight is 355 g/mol. The number of anilines is 1. The molecule has 0 radical (unpaired) electrons.